The highest BCUT2D eigenvalue weighted by Crippen LogP contribution is 2.25. The highest BCUT2D eigenvalue weighted by molar-refractivity contribution is 6.42. The SMILES string of the molecule is C[C@@H](NC(=O)COC(=O)c1ccc(N2C(=O)CCC2=O)cc1)c1ccc(Cl)c(Cl)c1. The van der Waals surface area contributed by atoms with Gasteiger partial charge in [0, 0.05) is 12.8 Å². The van der Waals surface area contributed by atoms with Gasteiger partial charge in [0.15, 0.2) is 6.61 Å². The third-order valence-electron chi connectivity index (χ3n) is 4.57. The van der Waals surface area contributed by atoms with Crippen LogP contribution in [0.5, 0.6) is 0 Å². The number of rotatable bonds is 6. The summed E-state index contributed by atoms with van der Waals surface area (Å²) < 4.78 is 5.03. The number of esters is 1. The van der Waals surface area contributed by atoms with Gasteiger partial charge in [0.05, 0.1) is 27.3 Å². The topological polar surface area (TPSA) is 92.8 Å². The number of carbonyl (C=O) groups excluding carboxylic acids is 4. The minimum Gasteiger partial charge on any atom is -0.452 e. The molecule has 2 aromatic rings. The van der Waals surface area contributed by atoms with Gasteiger partial charge in [-0.15, -0.1) is 0 Å². The molecule has 3 amide bonds. The smallest absolute Gasteiger partial charge is 0.338 e. The van der Waals surface area contributed by atoms with Gasteiger partial charge in [-0.3, -0.25) is 19.3 Å². The number of amides is 3. The predicted molar refractivity (Wildman–Crippen MR) is 111 cm³/mol. The summed E-state index contributed by atoms with van der Waals surface area (Å²) in [4.78, 5) is 48.9. The van der Waals surface area contributed by atoms with E-state index in [1.165, 1.54) is 24.3 Å². The quantitative estimate of drug-likeness (QED) is 0.537. The fourth-order valence-corrected chi connectivity index (χ4v) is 3.28. The normalized spacial score (nSPS) is 14.6. The van der Waals surface area contributed by atoms with E-state index in [2.05, 4.69) is 5.32 Å². The zero-order valence-electron chi connectivity index (χ0n) is 16.0. The molecule has 1 heterocycles. The van der Waals surface area contributed by atoms with Crippen LogP contribution in [0.1, 0.15) is 41.7 Å². The van der Waals surface area contributed by atoms with Crippen LogP contribution in [0, 0.1) is 0 Å². The fourth-order valence-electron chi connectivity index (χ4n) is 2.97. The van der Waals surface area contributed by atoms with Crippen molar-refractivity contribution in [1.82, 2.24) is 5.32 Å². The molecule has 0 spiro atoms. The van der Waals surface area contributed by atoms with Crippen LogP contribution in [0.4, 0.5) is 5.69 Å². The Morgan fingerprint density at radius 2 is 1.67 bits per heavy atom. The van der Waals surface area contributed by atoms with Gasteiger partial charge in [0.2, 0.25) is 11.8 Å². The molecule has 1 atom stereocenters. The first kappa shape index (κ1) is 21.8. The predicted octanol–water partition coefficient (Wildman–Crippen LogP) is 3.68. The van der Waals surface area contributed by atoms with Crippen molar-refractivity contribution < 1.29 is 23.9 Å². The number of benzene rings is 2. The van der Waals surface area contributed by atoms with E-state index < -0.39 is 18.5 Å². The van der Waals surface area contributed by atoms with Crippen LogP contribution in [0.15, 0.2) is 42.5 Å². The van der Waals surface area contributed by atoms with Gasteiger partial charge in [-0.05, 0) is 48.9 Å². The molecule has 30 heavy (non-hydrogen) atoms. The Labute approximate surface area is 182 Å². The van der Waals surface area contributed by atoms with Crippen LogP contribution in [0.2, 0.25) is 10.0 Å². The van der Waals surface area contributed by atoms with Crippen molar-refractivity contribution in [3.05, 3.63) is 63.6 Å². The second-order valence-corrected chi connectivity index (χ2v) is 7.52. The number of ether oxygens (including phenoxy) is 1. The molecule has 0 aromatic heterocycles. The molecule has 1 saturated heterocycles. The zero-order chi connectivity index (χ0) is 21.8. The molecule has 2 aromatic carbocycles. The molecular formula is C21H18Cl2N2O5. The Morgan fingerprint density at radius 1 is 1.03 bits per heavy atom. The lowest BCUT2D eigenvalue weighted by atomic mass is 10.1. The number of carbonyl (C=O) groups is 4. The fraction of sp³-hybridized carbons (Fsp3) is 0.238. The minimum atomic E-state index is -0.696. The average Bonchev–Trinajstić information content (AvgIpc) is 3.06. The maximum atomic E-state index is 12.2. The summed E-state index contributed by atoms with van der Waals surface area (Å²) in [6.07, 6.45) is 0.358. The second kappa shape index (κ2) is 9.28. The maximum absolute atomic E-state index is 12.2. The lowest BCUT2D eigenvalue weighted by molar-refractivity contribution is -0.125. The molecule has 9 heteroatoms. The Bertz CT molecular complexity index is 991. The van der Waals surface area contributed by atoms with E-state index in [1.807, 2.05) is 0 Å². The summed E-state index contributed by atoms with van der Waals surface area (Å²) in [5, 5.41) is 3.50. The van der Waals surface area contributed by atoms with Gasteiger partial charge < -0.3 is 10.1 Å². The molecule has 1 aliphatic heterocycles. The summed E-state index contributed by atoms with van der Waals surface area (Å²) in [5.41, 5.74) is 1.35. The van der Waals surface area contributed by atoms with E-state index >= 15 is 0 Å². The maximum Gasteiger partial charge on any atom is 0.338 e. The van der Waals surface area contributed by atoms with Gasteiger partial charge in [0.25, 0.3) is 5.91 Å². The van der Waals surface area contributed by atoms with Gasteiger partial charge in [-0.1, -0.05) is 29.3 Å². The first-order chi connectivity index (χ1) is 14.3. The number of halogens is 2. The van der Waals surface area contributed by atoms with Crippen molar-refractivity contribution in [2.75, 3.05) is 11.5 Å². The van der Waals surface area contributed by atoms with Gasteiger partial charge in [-0.2, -0.15) is 0 Å². The van der Waals surface area contributed by atoms with E-state index in [0.29, 0.717) is 15.7 Å². The summed E-state index contributed by atoms with van der Waals surface area (Å²) in [5.74, 6) is -1.73. The standard InChI is InChI=1S/C21H18Cl2N2O5/c1-12(14-4-7-16(22)17(23)10-14)24-18(26)11-30-21(29)13-2-5-15(6-3-13)25-19(27)8-9-20(25)28/h2-7,10,12H,8-9,11H2,1H3,(H,24,26)/t12-/m1/s1. The van der Waals surface area contributed by atoms with Crippen LogP contribution in [0.3, 0.4) is 0 Å². The zero-order valence-corrected chi connectivity index (χ0v) is 17.5. The van der Waals surface area contributed by atoms with Gasteiger partial charge >= 0.3 is 5.97 Å². The van der Waals surface area contributed by atoms with E-state index in [1.54, 1.807) is 25.1 Å². The van der Waals surface area contributed by atoms with Crippen LogP contribution in [-0.4, -0.2) is 30.3 Å². The number of nitrogens with zero attached hydrogens (tertiary/aromatic N) is 1. The molecule has 1 N–H and O–H groups in total. The Hall–Kier alpha value is -2.90. The van der Waals surface area contributed by atoms with Crippen molar-refractivity contribution >= 4 is 52.6 Å². The lowest BCUT2D eigenvalue weighted by Gasteiger charge is -2.15. The van der Waals surface area contributed by atoms with Crippen molar-refractivity contribution in [3.63, 3.8) is 0 Å². The van der Waals surface area contributed by atoms with Gasteiger partial charge in [0.1, 0.15) is 0 Å². The molecular weight excluding hydrogens is 431 g/mol. The average molecular weight is 449 g/mol. The Balaban J connectivity index is 1.53. The summed E-state index contributed by atoms with van der Waals surface area (Å²) in [6.45, 7) is 1.30. The van der Waals surface area contributed by atoms with Gasteiger partial charge in [-0.25, -0.2) is 4.79 Å². The monoisotopic (exact) mass is 448 g/mol. The van der Waals surface area contributed by atoms with Crippen LogP contribution < -0.4 is 10.2 Å². The molecule has 7 nitrogen and oxygen atoms in total. The summed E-state index contributed by atoms with van der Waals surface area (Å²) in [6, 6.07) is 10.5. The van der Waals surface area contributed by atoms with Crippen LogP contribution in [-0.2, 0) is 19.1 Å². The third-order valence-corrected chi connectivity index (χ3v) is 5.31. The summed E-state index contributed by atoms with van der Waals surface area (Å²) >= 11 is 11.9. The molecule has 0 unspecified atom stereocenters. The van der Waals surface area contributed by atoms with E-state index in [-0.39, 0.29) is 36.3 Å². The molecule has 1 aliphatic rings. The number of hydrogen-bond acceptors (Lipinski definition) is 5. The van der Waals surface area contributed by atoms with E-state index in [0.717, 1.165) is 10.5 Å². The van der Waals surface area contributed by atoms with Crippen molar-refractivity contribution in [2.45, 2.75) is 25.8 Å². The Morgan fingerprint density at radius 3 is 2.27 bits per heavy atom. The number of anilines is 1. The second-order valence-electron chi connectivity index (χ2n) is 6.71. The number of imide groups is 1. The highest BCUT2D eigenvalue weighted by Gasteiger charge is 2.30. The van der Waals surface area contributed by atoms with Crippen molar-refractivity contribution in [3.8, 4) is 0 Å². The van der Waals surface area contributed by atoms with Crippen molar-refractivity contribution in [2.24, 2.45) is 0 Å². The Kier molecular flexibility index (Phi) is 6.74. The number of nitrogens with one attached hydrogen (secondary N) is 1. The molecule has 3 rings (SSSR count). The first-order valence-corrected chi connectivity index (χ1v) is 9.89. The third kappa shape index (κ3) is 4.98. The lowest BCUT2D eigenvalue weighted by Crippen LogP contribution is -2.31. The van der Waals surface area contributed by atoms with E-state index in [9.17, 15) is 19.2 Å². The van der Waals surface area contributed by atoms with Crippen molar-refractivity contribution in [1.29, 1.82) is 0 Å². The molecule has 0 aliphatic carbocycles. The molecule has 156 valence electrons. The summed E-state index contributed by atoms with van der Waals surface area (Å²) in [7, 11) is 0. The molecule has 0 saturated carbocycles. The first-order valence-electron chi connectivity index (χ1n) is 9.13. The molecule has 0 radical (unpaired) electrons. The van der Waals surface area contributed by atoms with Crippen LogP contribution in [0.25, 0.3) is 0 Å². The van der Waals surface area contributed by atoms with E-state index in [4.69, 9.17) is 27.9 Å². The molecule has 0 bridgehead atoms. The van der Waals surface area contributed by atoms with Crippen LogP contribution >= 0.6 is 23.2 Å². The highest BCUT2D eigenvalue weighted by atomic mass is 35.5. The minimum absolute atomic E-state index is 0.179. The molecule has 1 fully saturated rings. The largest absolute Gasteiger partial charge is 0.452 e. The number of hydrogen-bond donors (Lipinski definition) is 1.